The van der Waals surface area contributed by atoms with Gasteiger partial charge in [0.05, 0.1) is 7.11 Å². The topological polar surface area (TPSA) is 69.7 Å². The molecule has 0 saturated carbocycles. The fourth-order valence-corrected chi connectivity index (χ4v) is 3.31. The molecule has 0 aliphatic carbocycles. The number of esters is 1. The van der Waals surface area contributed by atoms with Crippen molar-refractivity contribution >= 4 is 32.0 Å². The van der Waals surface area contributed by atoms with E-state index in [0.29, 0.717) is 5.56 Å². The van der Waals surface area contributed by atoms with E-state index in [1.807, 2.05) is 0 Å². The van der Waals surface area contributed by atoms with E-state index in [1.165, 1.54) is 0 Å². The van der Waals surface area contributed by atoms with E-state index in [0.717, 1.165) is 11.6 Å². The van der Waals surface area contributed by atoms with Crippen LogP contribution in [0.15, 0.2) is 28.7 Å². The number of carbonyl (C=O) groups excluding carboxylic acids is 1. The lowest BCUT2D eigenvalue weighted by atomic mass is 10.1. The van der Waals surface area contributed by atoms with Crippen LogP contribution in [0.1, 0.15) is 18.4 Å². The highest BCUT2D eigenvalue weighted by Crippen LogP contribution is 2.49. The van der Waals surface area contributed by atoms with Gasteiger partial charge in [-0.1, -0.05) is 28.1 Å². The second-order valence-corrected chi connectivity index (χ2v) is 8.20. The van der Waals surface area contributed by atoms with Crippen molar-refractivity contribution in [3.63, 3.8) is 0 Å². The lowest BCUT2D eigenvalue weighted by Crippen LogP contribution is -2.57. The lowest BCUT2D eigenvalue weighted by Gasteiger charge is -2.28. The highest BCUT2D eigenvalue weighted by Gasteiger charge is 2.79. The molecule has 0 fully saturated rings. The van der Waals surface area contributed by atoms with Crippen molar-refractivity contribution in [1.29, 1.82) is 0 Å². The van der Waals surface area contributed by atoms with Crippen LogP contribution in [0.4, 0.5) is 30.7 Å². The molecule has 1 atom stereocenters. The van der Waals surface area contributed by atoms with Crippen LogP contribution >= 0.6 is 15.9 Å². The maximum atomic E-state index is 13.5. The zero-order valence-corrected chi connectivity index (χ0v) is 16.9. The molecule has 0 saturated heterocycles. The Morgan fingerprint density at radius 1 is 1.07 bits per heavy atom. The Labute approximate surface area is 169 Å². The van der Waals surface area contributed by atoms with E-state index in [9.17, 15) is 43.9 Å². The van der Waals surface area contributed by atoms with Crippen LogP contribution in [-0.2, 0) is 30.3 Å². The number of alkyl halides is 7. The van der Waals surface area contributed by atoms with Gasteiger partial charge in [0.1, 0.15) is 0 Å². The van der Waals surface area contributed by atoms with E-state index in [-0.39, 0.29) is 12.8 Å². The van der Waals surface area contributed by atoms with Crippen molar-refractivity contribution in [1.82, 2.24) is 0 Å². The molecular formula is C15H14BrF7O5S. The van der Waals surface area contributed by atoms with Gasteiger partial charge in [-0.15, -0.1) is 0 Å². The first-order chi connectivity index (χ1) is 13.1. The fourth-order valence-electron chi connectivity index (χ4n) is 2.01. The van der Waals surface area contributed by atoms with Gasteiger partial charge in [0.15, 0.2) is 6.10 Å². The van der Waals surface area contributed by atoms with Crippen LogP contribution in [-0.4, -0.2) is 45.0 Å². The molecule has 1 aromatic rings. The molecule has 1 aromatic carbocycles. The molecule has 1 unspecified atom stereocenters. The number of carbonyl (C=O) groups is 1. The third-order valence-electron chi connectivity index (χ3n) is 3.59. The first-order valence-corrected chi connectivity index (χ1v) is 9.84. The van der Waals surface area contributed by atoms with Gasteiger partial charge in [0, 0.05) is 4.47 Å². The highest BCUT2D eigenvalue weighted by molar-refractivity contribution is 9.10. The zero-order chi connectivity index (χ0) is 22.7. The molecule has 0 bridgehead atoms. The molecule has 0 aliphatic rings. The quantitative estimate of drug-likeness (QED) is 0.274. The van der Waals surface area contributed by atoms with E-state index < -0.39 is 46.0 Å². The standard InChI is InChI=1S/C15H14BrF7O5S/c1-27-12(24)11(4-2-3-9-5-7-10(16)8-6-9)28-29(25,26)15(22,23)13(17,18)14(19,20)21/h5-8,11H,2-4H2,1H3. The summed E-state index contributed by atoms with van der Waals surface area (Å²) in [7, 11) is -6.14. The molecule has 14 heteroatoms. The number of methoxy groups -OCH3 is 1. The Balaban J connectivity index is 2.98. The van der Waals surface area contributed by atoms with Crippen molar-refractivity contribution in [3.8, 4) is 0 Å². The summed E-state index contributed by atoms with van der Waals surface area (Å²) >= 11 is 3.19. The average Bonchev–Trinajstić information content (AvgIpc) is 2.60. The minimum atomic E-state index is -6.95. The molecule has 0 heterocycles. The summed E-state index contributed by atoms with van der Waals surface area (Å²) in [5.74, 6) is -8.48. The van der Waals surface area contributed by atoms with Gasteiger partial charge in [-0.25, -0.2) is 4.79 Å². The predicted octanol–water partition coefficient (Wildman–Crippen LogP) is 4.45. The normalized spacial score (nSPS) is 14.5. The third-order valence-corrected chi connectivity index (χ3v) is 5.49. The molecule has 166 valence electrons. The van der Waals surface area contributed by atoms with Gasteiger partial charge in [0.25, 0.3) is 0 Å². The van der Waals surface area contributed by atoms with Gasteiger partial charge < -0.3 is 4.74 Å². The van der Waals surface area contributed by atoms with Crippen molar-refractivity contribution in [3.05, 3.63) is 34.3 Å². The number of rotatable bonds is 9. The van der Waals surface area contributed by atoms with E-state index in [2.05, 4.69) is 24.8 Å². The lowest BCUT2D eigenvalue weighted by molar-refractivity contribution is -0.333. The van der Waals surface area contributed by atoms with Crippen LogP contribution in [0.25, 0.3) is 0 Å². The van der Waals surface area contributed by atoms with E-state index in [1.54, 1.807) is 24.3 Å². The Kier molecular flexibility index (Phi) is 8.10. The van der Waals surface area contributed by atoms with Gasteiger partial charge in [0.2, 0.25) is 0 Å². The highest BCUT2D eigenvalue weighted by atomic mass is 79.9. The van der Waals surface area contributed by atoms with Crippen LogP contribution < -0.4 is 0 Å². The molecule has 0 radical (unpaired) electrons. The number of hydrogen-bond donors (Lipinski definition) is 0. The first kappa shape index (κ1) is 25.6. The van der Waals surface area contributed by atoms with Gasteiger partial charge in [-0.05, 0) is 37.0 Å². The summed E-state index contributed by atoms with van der Waals surface area (Å²) in [6.07, 6.45) is -9.68. The van der Waals surface area contributed by atoms with Crippen LogP contribution in [0.3, 0.4) is 0 Å². The first-order valence-electron chi connectivity index (χ1n) is 7.64. The number of ether oxygens (including phenoxy) is 1. The molecule has 0 aliphatic heterocycles. The number of aryl methyl sites for hydroxylation is 1. The van der Waals surface area contributed by atoms with Crippen molar-refractivity contribution < 1.29 is 52.9 Å². The van der Waals surface area contributed by atoms with Gasteiger partial charge in [-0.2, -0.15) is 39.2 Å². The summed E-state index contributed by atoms with van der Waals surface area (Å²) in [6.45, 7) is 0. The largest absolute Gasteiger partial charge is 0.467 e. The Hall–Kier alpha value is -1.41. The molecular weight excluding hydrogens is 505 g/mol. The minimum absolute atomic E-state index is 0.0574. The van der Waals surface area contributed by atoms with E-state index >= 15 is 0 Å². The average molecular weight is 519 g/mol. The number of halogens is 8. The maximum Gasteiger partial charge on any atom is 0.461 e. The summed E-state index contributed by atoms with van der Waals surface area (Å²) in [5.41, 5.74) is 0.689. The molecule has 0 N–H and O–H groups in total. The van der Waals surface area contributed by atoms with Crippen LogP contribution in [0.2, 0.25) is 0 Å². The summed E-state index contributed by atoms with van der Waals surface area (Å²) in [5, 5.41) is -6.67. The summed E-state index contributed by atoms with van der Waals surface area (Å²) in [4.78, 5) is 11.6. The molecule has 5 nitrogen and oxygen atoms in total. The Morgan fingerprint density at radius 3 is 2.03 bits per heavy atom. The Bertz CT molecular complexity index is 809. The van der Waals surface area contributed by atoms with Crippen LogP contribution in [0, 0.1) is 0 Å². The zero-order valence-electron chi connectivity index (χ0n) is 14.5. The Morgan fingerprint density at radius 2 is 1.59 bits per heavy atom. The van der Waals surface area contributed by atoms with Gasteiger partial charge >= 0.3 is 33.4 Å². The molecule has 0 spiro atoms. The SMILES string of the molecule is COC(=O)C(CCCc1ccc(Br)cc1)OS(=O)(=O)C(F)(F)C(F)(F)C(F)(F)F. The maximum absolute atomic E-state index is 13.5. The summed E-state index contributed by atoms with van der Waals surface area (Å²) < 4.78 is 121. The third kappa shape index (κ3) is 5.81. The van der Waals surface area contributed by atoms with Crippen molar-refractivity contribution in [2.75, 3.05) is 7.11 Å². The molecule has 1 rings (SSSR count). The molecule has 0 aromatic heterocycles. The number of benzene rings is 1. The number of hydrogen-bond acceptors (Lipinski definition) is 5. The van der Waals surface area contributed by atoms with Crippen molar-refractivity contribution in [2.45, 2.75) is 42.7 Å². The molecule has 29 heavy (non-hydrogen) atoms. The monoisotopic (exact) mass is 518 g/mol. The minimum Gasteiger partial charge on any atom is -0.467 e. The summed E-state index contributed by atoms with van der Waals surface area (Å²) in [6, 6.07) is 6.61. The predicted molar refractivity (Wildman–Crippen MR) is 88.8 cm³/mol. The van der Waals surface area contributed by atoms with Gasteiger partial charge in [-0.3, -0.25) is 4.18 Å². The second kappa shape index (κ2) is 9.16. The van der Waals surface area contributed by atoms with Crippen molar-refractivity contribution in [2.24, 2.45) is 0 Å². The second-order valence-electron chi connectivity index (χ2n) is 5.67. The van der Waals surface area contributed by atoms with E-state index in [4.69, 9.17) is 0 Å². The smallest absolute Gasteiger partial charge is 0.461 e. The fraction of sp³-hybridized carbons (Fsp3) is 0.533. The molecule has 0 amide bonds. The van der Waals surface area contributed by atoms with Crippen LogP contribution in [0.5, 0.6) is 0 Å².